The van der Waals surface area contributed by atoms with Gasteiger partial charge in [-0.3, -0.25) is 4.98 Å². The van der Waals surface area contributed by atoms with E-state index < -0.39 is 12.7 Å². The summed E-state index contributed by atoms with van der Waals surface area (Å²) in [5.74, 6) is 0. The van der Waals surface area contributed by atoms with Gasteiger partial charge in [0.1, 0.15) is 6.67 Å². The number of hydrogen-bond donors (Lipinski definition) is 1. The third-order valence-electron chi connectivity index (χ3n) is 1.30. The number of nitrogens with zero attached hydrogens (tertiary/aromatic N) is 1. The summed E-state index contributed by atoms with van der Waals surface area (Å²) in [5, 5.41) is 0. The second-order valence-electron chi connectivity index (χ2n) is 2.04. The second-order valence-corrected chi connectivity index (χ2v) is 2.04. The van der Waals surface area contributed by atoms with Crippen LogP contribution in [0.15, 0.2) is 24.5 Å². The van der Waals surface area contributed by atoms with Gasteiger partial charge in [0.2, 0.25) is 0 Å². The highest BCUT2D eigenvalue weighted by Gasteiger charge is 2.02. The van der Waals surface area contributed by atoms with Gasteiger partial charge >= 0.3 is 0 Å². The lowest BCUT2D eigenvalue weighted by atomic mass is 10.1. The molecule has 0 bridgehead atoms. The molecule has 3 heteroatoms. The van der Waals surface area contributed by atoms with E-state index in [1.807, 2.05) is 0 Å². The molecule has 0 aliphatic rings. The van der Waals surface area contributed by atoms with Gasteiger partial charge in [-0.25, -0.2) is 4.39 Å². The van der Waals surface area contributed by atoms with Crippen LogP contribution in [-0.2, 0) is 0 Å². The maximum atomic E-state index is 11.9. The fraction of sp³-hybridized carbons (Fsp3) is 0.286. The molecule has 0 saturated carbocycles. The van der Waals surface area contributed by atoms with Crippen LogP contribution >= 0.6 is 0 Å². The van der Waals surface area contributed by atoms with Gasteiger partial charge < -0.3 is 5.73 Å². The quantitative estimate of drug-likeness (QED) is 0.666. The maximum Gasteiger partial charge on any atom is 0.109 e. The van der Waals surface area contributed by atoms with Crippen molar-refractivity contribution in [1.82, 2.24) is 4.98 Å². The summed E-state index contributed by atoms with van der Waals surface area (Å²) < 4.78 is 11.9. The van der Waals surface area contributed by atoms with Gasteiger partial charge in [-0.1, -0.05) is 0 Å². The average molecular weight is 140 g/mol. The predicted octanol–water partition coefficient (Wildman–Crippen LogP) is 1.05. The van der Waals surface area contributed by atoms with Gasteiger partial charge in [-0.05, 0) is 17.7 Å². The molecule has 10 heavy (non-hydrogen) atoms. The van der Waals surface area contributed by atoms with Gasteiger partial charge in [-0.2, -0.15) is 0 Å². The number of rotatable bonds is 2. The van der Waals surface area contributed by atoms with Crippen molar-refractivity contribution >= 4 is 0 Å². The van der Waals surface area contributed by atoms with E-state index >= 15 is 0 Å². The van der Waals surface area contributed by atoms with Crippen LogP contribution in [0.4, 0.5) is 4.39 Å². The fourth-order valence-electron chi connectivity index (χ4n) is 0.700. The number of nitrogens with two attached hydrogens (primary N) is 1. The minimum atomic E-state index is -0.524. The Hall–Kier alpha value is -0.960. The van der Waals surface area contributed by atoms with Crippen LogP contribution in [0.25, 0.3) is 0 Å². The van der Waals surface area contributed by atoms with E-state index in [1.165, 1.54) is 0 Å². The van der Waals surface area contributed by atoms with Crippen molar-refractivity contribution < 1.29 is 4.39 Å². The van der Waals surface area contributed by atoms with Crippen LogP contribution in [0.2, 0.25) is 0 Å². The van der Waals surface area contributed by atoms with Gasteiger partial charge in [0.25, 0.3) is 0 Å². The Morgan fingerprint density at radius 3 is 2.60 bits per heavy atom. The molecule has 2 nitrogen and oxygen atoms in total. The standard InChI is InChI=1S/C7H9FN2/c8-5-7(9)6-1-3-10-4-2-6/h1-4,7H,5,9H2/t7-/m0/s1. The van der Waals surface area contributed by atoms with E-state index in [0.717, 1.165) is 5.56 Å². The zero-order valence-electron chi connectivity index (χ0n) is 5.50. The van der Waals surface area contributed by atoms with E-state index in [9.17, 15) is 4.39 Å². The van der Waals surface area contributed by atoms with Crippen molar-refractivity contribution in [2.24, 2.45) is 5.73 Å². The lowest BCUT2D eigenvalue weighted by Gasteiger charge is -2.04. The molecule has 2 N–H and O–H groups in total. The molecular formula is C7H9FN2. The molecule has 0 aliphatic heterocycles. The number of halogens is 1. The van der Waals surface area contributed by atoms with E-state index in [4.69, 9.17) is 5.73 Å². The molecule has 0 unspecified atom stereocenters. The molecule has 0 saturated heterocycles. The first-order chi connectivity index (χ1) is 4.84. The topological polar surface area (TPSA) is 38.9 Å². The van der Waals surface area contributed by atoms with Crippen molar-refractivity contribution in [1.29, 1.82) is 0 Å². The Bertz CT molecular complexity index is 188. The molecule has 0 amide bonds. The van der Waals surface area contributed by atoms with E-state index in [0.29, 0.717) is 0 Å². The van der Waals surface area contributed by atoms with Crippen molar-refractivity contribution in [3.8, 4) is 0 Å². The highest BCUT2D eigenvalue weighted by molar-refractivity contribution is 5.13. The van der Waals surface area contributed by atoms with Crippen molar-refractivity contribution in [2.45, 2.75) is 6.04 Å². The molecule has 1 aromatic rings. The van der Waals surface area contributed by atoms with Crippen molar-refractivity contribution in [2.75, 3.05) is 6.67 Å². The van der Waals surface area contributed by atoms with Gasteiger partial charge in [0.15, 0.2) is 0 Å². The summed E-state index contributed by atoms with van der Waals surface area (Å²) in [5.41, 5.74) is 6.18. The highest BCUT2D eigenvalue weighted by Crippen LogP contribution is 2.07. The molecule has 0 aliphatic carbocycles. The third-order valence-corrected chi connectivity index (χ3v) is 1.30. The largest absolute Gasteiger partial charge is 0.322 e. The Morgan fingerprint density at radius 2 is 2.10 bits per heavy atom. The highest BCUT2D eigenvalue weighted by atomic mass is 19.1. The van der Waals surface area contributed by atoms with Gasteiger partial charge in [0, 0.05) is 12.4 Å². The molecule has 1 atom stereocenters. The number of alkyl halides is 1. The second kappa shape index (κ2) is 3.27. The van der Waals surface area contributed by atoms with E-state index in [2.05, 4.69) is 4.98 Å². The lowest BCUT2D eigenvalue weighted by molar-refractivity contribution is 0.437. The Balaban J connectivity index is 2.75. The SMILES string of the molecule is N[C@@H](CF)c1ccncc1. The van der Waals surface area contributed by atoms with Crippen molar-refractivity contribution in [3.05, 3.63) is 30.1 Å². The van der Waals surface area contributed by atoms with Gasteiger partial charge in [0.05, 0.1) is 6.04 Å². The Morgan fingerprint density at radius 1 is 1.50 bits per heavy atom. The van der Waals surface area contributed by atoms with Gasteiger partial charge in [-0.15, -0.1) is 0 Å². The Kier molecular flexibility index (Phi) is 2.34. The van der Waals surface area contributed by atoms with E-state index in [1.54, 1.807) is 24.5 Å². The third kappa shape index (κ3) is 1.51. The summed E-state index contributed by atoms with van der Waals surface area (Å²) in [6.45, 7) is -0.524. The first-order valence-corrected chi connectivity index (χ1v) is 3.06. The summed E-state index contributed by atoms with van der Waals surface area (Å²) in [4.78, 5) is 3.78. The molecule has 0 aromatic carbocycles. The predicted molar refractivity (Wildman–Crippen MR) is 37.1 cm³/mol. The molecular weight excluding hydrogens is 131 g/mol. The van der Waals surface area contributed by atoms with Crippen LogP contribution in [0.5, 0.6) is 0 Å². The minimum Gasteiger partial charge on any atom is -0.322 e. The molecule has 1 rings (SSSR count). The smallest absolute Gasteiger partial charge is 0.109 e. The lowest BCUT2D eigenvalue weighted by Crippen LogP contribution is -2.11. The van der Waals surface area contributed by atoms with Crippen LogP contribution in [0.1, 0.15) is 11.6 Å². The van der Waals surface area contributed by atoms with E-state index in [-0.39, 0.29) is 0 Å². The molecule has 54 valence electrons. The molecule has 0 spiro atoms. The fourth-order valence-corrected chi connectivity index (χ4v) is 0.700. The first kappa shape index (κ1) is 7.15. The molecule has 0 radical (unpaired) electrons. The Labute approximate surface area is 58.9 Å². The van der Waals surface area contributed by atoms with Crippen LogP contribution in [0.3, 0.4) is 0 Å². The number of aromatic nitrogens is 1. The molecule has 1 aromatic heterocycles. The zero-order valence-corrected chi connectivity index (χ0v) is 5.50. The molecule has 1 heterocycles. The maximum absolute atomic E-state index is 11.9. The zero-order chi connectivity index (χ0) is 7.40. The summed E-state index contributed by atoms with van der Waals surface area (Å²) in [7, 11) is 0. The number of hydrogen-bond acceptors (Lipinski definition) is 2. The van der Waals surface area contributed by atoms with Crippen LogP contribution in [0, 0.1) is 0 Å². The molecule has 0 fully saturated rings. The minimum absolute atomic E-state index is 0.497. The van der Waals surface area contributed by atoms with Crippen LogP contribution in [-0.4, -0.2) is 11.7 Å². The monoisotopic (exact) mass is 140 g/mol. The van der Waals surface area contributed by atoms with Crippen molar-refractivity contribution in [3.63, 3.8) is 0 Å². The average Bonchev–Trinajstić information content (AvgIpc) is 2.05. The summed E-state index contributed by atoms with van der Waals surface area (Å²) in [6, 6.07) is 2.93. The first-order valence-electron chi connectivity index (χ1n) is 3.06. The number of pyridine rings is 1. The summed E-state index contributed by atoms with van der Waals surface area (Å²) >= 11 is 0. The van der Waals surface area contributed by atoms with Crippen LogP contribution < -0.4 is 5.73 Å². The summed E-state index contributed by atoms with van der Waals surface area (Å²) in [6.07, 6.45) is 3.20. The normalized spacial score (nSPS) is 13.0.